The van der Waals surface area contributed by atoms with Crippen LogP contribution in [0.4, 0.5) is 5.82 Å². The Morgan fingerprint density at radius 2 is 2.56 bits per heavy atom. The highest BCUT2D eigenvalue weighted by Gasteiger charge is 2.47. The number of ether oxygens (including phenoxy) is 1. The van der Waals surface area contributed by atoms with E-state index in [-0.39, 0.29) is 12.4 Å². The van der Waals surface area contributed by atoms with Crippen molar-refractivity contribution in [2.24, 2.45) is 5.41 Å². The van der Waals surface area contributed by atoms with Gasteiger partial charge in [-0.1, -0.05) is 0 Å². The third kappa shape index (κ3) is 1.96. The van der Waals surface area contributed by atoms with Crippen molar-refractivity contribution in [3.63, 3.8) is 0 Å². The second kappa shape index (κ2) is 4.40. The van der Waals surface area contributed by atoms with Gasteiger partial charge in [0.2, 0.25) is 0 Å². The summed E-state index contributed by atoms with van der Waals surface area (Å²) in [6, 6.07) is 3.61. The molecule has 0 bridgehead atoms. The van der Waals surface area contributed by atoms with Crippen molar-refractivity contribution in [2.45, 2.75) is 25.7 Å². The lowest BCUT2D eigenvalue weighted by Crippen LogP contribution is -2.33. The minimum absolute atomic E-state index is 0.117. The van der Waals surface area contributed by atoms with Gasteiger partial charge in [-0.05, 0) is 19.4 Å². The van der Waals surface area contributed by atoms with Gasteiger partial charge in [0.15, 0.2) is 6.23 Å². The molecule has 7 heteroatoms. The molecule has 2 heterocycles. The first-order chi connectivity index (χ1) is 8.50. The van der Waals surface area contributed by atoms with Crippen LogP contribution in [0.2, 0.25) is 0 Å². The predicted octanol–water partition coefficient (Wildman–Crippen LogP) is -0.365. The summed E-state index contributed by atoms with van der Waals surface area (Å²) in [4.78, 5) is 15.3. The average molecular weight is 250 g/mol. The fourth-order valence-electron chi connectivity index (χ4n) is 2.14. The van der Waals surface area contributed by atoms with Gasteiger partial charge in [0.1, 0.15) is 11.2 Å². The molecular formula is C11H14N4O3. The van der Waals surface area contributed by atoms with Crippen molar-refractivity contribution in [3.05, 3.63) is 22.7 Å². The number of hydrogen-bond acceptors (Lipinski definition) is 6. The molecule has 18 heavy (non-hydrogen) atoms. The van der Waals surface area contributed by atoms with E-state index in [1.165, 1.54) is 16.8 Å². The van der Waals surface area contributed by atoms with Crippen molar-refractivity contribution >= 4 is 5.82 Å². The molecule has 2 unspecified atom stereocenters. The number of aromatic nitrogens is 2. The maximum absolute atomic E-state index is 11.7. The van der Waals surface area contributed by atoms with Gasteiger partial charge in [-0.2, -0.15) is 10.2 Å². The molecule has 0 aromatic carbocycles. The van der Waals surface area contributed by atoms with Gasteiger partial charge in [0.25, 0.3) is 0 Å². The monoisotopic (exact) mass is 250 g/mol. The molecule has 0 amide bonds. The summed E-state index contributed by atoms with van der Waals surface area (Å²) < 4.78 is 6.76. The Hall–Kier alpha value is -1.91. The first kappa shape index (κ1) is 12.5. The van der Waals surface area contributed by atoms with Crippen LogP contribution in [0.25, 0.3) is 0 Å². The van der Waals surface area contributed by atoms with Crippen LogP contribution in [0.5, 0.6) is 0 Å². The predicted molar refractivity (Wildman–Crippen MR) is 62.2 cm³/mol. The maximum atomic E-state index is 11.7. The molecule has 2 rings (SSSR count). The van der Waals surface area contributed by atoms with Crippen LogP contribution in [0.1, 0.15) is 19.6 Å². The maximum Gasteiger partial charge on any atom is 0.351 e. The van der Waals surface area contributed by atoms with E-state index in [1.54, 1.807) is 6.92 Å². The molecule has 0 saturated carbocycles. The lowest BCUT2D eigenvalue weighted by atomic mass is 9.87. The number of hydrogen-bond donors (Lipinski definition) is 2. The van der Waals surface area contributed by atoms with Crippen molar-refractivity contribution in [2.75, 3.05) is 12.3 Å². The normalized spacial score (nSPS) is 31.2. The minimum atomic E-state index is -0.880. The summed E-state index contributed by atoms with van der Waals surface area (Å²) in [5, 5.41) is 18.4. The zero-order valence-electron chi connectivity index (χ0n) is 9.91. The van der Waals surface area contributed by atoms with E-state index in [4.69, 9.17) is 15.6 Å². The fourth-order valence-corrected chi connectivity index (χ4v) is 2.14. The van der Waals surface area contributed by atoms with E-state index >= 15 is 0 Å². The highest BCUT2D eigenvalue weighted by Crippen LogP contribution is 2.43. The lowest BCUT2D eigenvalue weighted by molar-refractivity contribution is -0.0428. The molecule has 96 valence electrons. The number of aliphatic hydroxyl groups excluding tert-OH is 1. The smallest absolute Gasteiger partial charge is 0.351 e. The molecule has 0 radical (unpaired) electrons. The second-order valence-corrected chi connectivity index (χ2v) is 4.57. The third-order valence-corrected chi connectivity index (χ3v) is 3.08. The quantitative estimate of drug-likeness (QED) is 0.740. The number of anilines is 1. The summed E-state index contributed by atoms with van der Waals surface area (Å²) in [6.07, 6.45) is 0.593. The largest absolute Gasteiger partial charge is 0.394 e. The van der Waals surface area contributed by atoms with E-state index in [0.717, 1.165) is 0 Å². The number of nitriles is 1. The topological polar surface area (TPSA) is 114 Å². The van der Waals surface area contributed by atoms with E-state index in [1.807, 2.05) is 0 Å². The number of aliphatic hydroxyl groups is 1. The molecule has 1 aliphatic heterocycles. The Morgan fingerprint density at radius 1 is 1.83 bits per heavy atom. The molecule has 1 aliphatic rings. The zero-order valence-corrected chi connectivity index (χ0v) is 9.91. The van der Waals surface area contributed by atoms with Gasteiger partial charge in [-0.25, -0.2) is 4.79 Å². The molecule has 1 aromatic rings. The van der Waals surface area contributed by atoms with Crippen LogP contribution in [0.15, 0.2) is 17.1 Å². The lowest BCUT2D eigenvalue weighted by Gasteiger charge is -2.23. The van der Waals surface area contributed by atoms with Gasteiger partial charge < -0.3 is 15.6 Å². The number of rotatable bonds is 2. The average Bonchev–Trinajstić information content (AvgIpc) is 2.68. The van der Waals surface area contributed by atoms with Crippen molar-refractivity contribution in [3.8, 4) is 6.07 Å². The molecule has 1 aromatic heterocycles. The highest BCUT2D eigenvalue weighted by molar-refractivity contribution is 5.24. The van der Waals surface area contributed by atoms with Crippen molar-refractivity contribution in [1.29, 1.82) is 5.26 Å². The van der Waals surface area contributed by atoms with Gasteiger partial charge >= 0.3 is 5.69 Å². The van der Waals surface area contributed by atoms with Gasteiger partial charge in [-0.3, -0.25) is 4.57 Å². The molecule has 0 aliphatic carbocycles. The molecule has 1 fully saturated rings. The van der Waals surface area contributed by atoms with E-state index in [0.29, 0.717) is 6.42 Å². The van der Waals surface area contributed by atoms with Gasteiger partial charge in [0.05, 0.1) is 18.8 Å². The van der Waals surface area contributed by atoms with E-state index in [9.17, 15) is 10.1 Å². The Labute approximate surface area is 103 Å². The molecule has 3 N–H and O–H groups in total. The summed E-state index contributed by atoms with van der Waals surface area (Å²) in [7, 11) is 0. The van der Waals surface area contributed by atoms with E-state index in [2.05, 4.69) is 11.1 Å². The van der Waals surface area contributed by atoms with Crippen molar-refractivity contribution < 1.29 is 9.84 Å². The van der Waals surface area contributed by atoms with Crippen LogP contribution in [0.3, 0.4) is 0 Å². The summed E-state index contributed by atoms with van der Waals surface area (Å²) >= 11 is 0. The SMILES string of the molecule is C[C@@]1(C#N)CC(CO)OC1n1ccc(N)nc1=O. The van der Waals surface area contributed by atoms with Crippen LogP contribution in [0, 0.1) is 16.7 Å². The molecule has 1 saturated heterocycles. The first-order valence-electron chi connectivity index (χ1n) is 5.52. The molecular weight excluding hydrogens is 236 g/mol. The van der Waals surface area contributed by atoms with Crippen LogP contribution < -0.4 is 11.4 Å². The van der Waals surface area contributed by atoms with Gasteiger partial charge in [0, 0.05) is 6.20 Å². The number of nitrogens with two attached hydrogens (primary N) is 1. The zero-order chi connectivity index (χ0) is 13.3. The standard InChI is InChI=1S/C11H14N4O3/c1-11(6-12)4-7(5-16)18-9(11)15-3-2-8(13)14-10(15)17/h2-3,7,9,16H,4-5H2,1H3,(H2,13,14,17)/t7?,9?,11-/m0/s1. The highest BCUT2D eigenvalue weighted by atomic mass is 16.5. The number of nitrogens with zero attached hydrogens (tertiary/aromatic N) is 3. The molecule has 7 nitrogen and oxygen atoms in total. The summed E-state index contributed by atoms with van der Waals surface area (Å²) in [5.74, 6) is 0.117. The Kier molecular flexibility index (Phi) is 3.07. The Morgan fingerprint density at radius 3 is 3.11 bits per heavy atom. The first-order valence-corrected chi connectivity index (χ1v) is 5.52. The molecule has 0 spiro atoms. The van der Waals surface area contributed by atoms with Crippen molar-refractivity contribution in [1.82, 2.24) is 9.55 Å². The Balaban J connectivity index is 2.43. The summed E-state index contributed by atoms with van der Waals surface area (Å²) in [6.45, 7) is 1.50. The van der Waals surface area contributed by atoms with Gasteiger partial charge in [-0.15, -0.1) is 0 Å². The number of nitrogen functional groups attached to an aromatic ring is 1. The fraction of sp³-hybridized carbons (Fsp3) is 0.545. The minimum Gasteiger partial charge on any atom is -0.394 e. The van der Waals surface area contributed by atoms with Crippen LogP contribution in [-0.4, -0.2) is 27.4 Å². The summed E-state index contributed by atoms with van der Waals surface area (Å²) in [5.41, 5.74) is 3.96. The van der Waals surface area contributed by atoms with Crippen LogP contribution in [-0.2, 0) is 4.74 Å². The van der Waals surface area contributed by atoms with Crippen LogP contribution >= 0.6 is 0 Å². The third-order valence-electron chi connectivity index (χ3n) is 3.08. The second-order valence-electron chi connectivity index (χ2n) is 4.57. The Bertz CT molecular complexity index is 550. The molecule has 3 atom stereocenters. The van der Waals surface area contributed by atoms with E-state index < -0.39 is 23.4 Å².